The summed E-state index contributed by atoms with van der Waals surface area (Å²) in [5.74, 6) is -0.0733. The van der Waals surface area contributed by atoms with Gasteiger partial charge < -0.3 is 10.6 Å². The van der Waals surface area contributed by atoms with E-state index in [1.54, 1.807) is 11.3 Å². The number of hydrogen-bond donors (Lipinski definition) is 2. The van der Waals surface area contributed by atoms with E-state index in [4.69, 9.17) is 0 Å². The van der Waals surface area contributed by atoms with Gasteiger partial charge in [-0.2, -0.15) is 0 Å². The van der Waals surface area contributed by atoms with E-state index < -0.39 is 0 Å². The molecule has 0 fully saturated rings. The maximum absolute atomic E-state index is 11.0. The Morgan fingerprint density at radius 3 is 2.71 bits per heavy atom. The zero-order chi connectivity index (χ0) is 16.8. The van der Waals surface area contributed by atoms with Gasteiger partial charge in [0.1, 0.15) is 0 Å². The van der Waals surface area contributed by atoms with Gasteiger partial charge >= 0.3 is 0 Å². The van der Waals surface area contributed by atoms with E-state index in [1.165, 1.54) is 6.92 Å². The standard InChI is InChI=1S/C18H18N4OS/c1-13(23)21-16-7-5-14(6-8-16)17-12-24-18(22-17)20-11-9-15-4-2-3-10-19-15/h2-8,10,12H,9,11H2,1H3,(H,20,22)(H,21,23). The minimum atomic E-state index is -0.0733. The van der Waals surface area contributed by atoms with Crippen LogP contribution in [0.5, 0.6) is 0 Å². The first-order valence-electron chi connectivity index (χ1n) is 7.68. The molecule has 6 heteroatoms. The van der Waals surface area contributed by atoms with Crippen LogP contribution in [0.15, 0.2) is 54.0 Å². The minimum absolute atomic E-state index is 0.0733. The Labute approximate surface area is 144 Å². The van der Waals surface area contributed by atoms with Crippen molar-refractivity contribution in [2.24, 2.45) is 0 Å². The normalized spacial score (nSPS) is 10.4. The lowest BCUT2D eigenvalue weighted by Gasteiger charge is -2.03. The molecule has 0 aliphatic heterocycles. The summed E-state index contributed by atoms with van der Waals surface area (Å²) in [6, 6.07) is 13.6. The molecule has 0 aliphatic carbocycles. The van der Waals surface area contributed by atoms with Crippen molar-refractivity contribution in [1.82, 2.24) is 9.97 Å². The zero-order valence-corrected chi connectivity index (χ0v) is 14.1. The van der Waals surface area contributed by atoms with Crippen molar-refractivity contribution >= 4 is 28.1 Å². The fraction of sp³-hybridized carbons (Fsp3) is 0.167. The fourth-order valence-corrected chi connectivity index (χ4v) is 3.01. The van der Waals surface area contributed by atoms with Gasteiger partial charge in [0.25, 0.3) is 0 Å². The number of nitrogens with one attached hydrogen (secondary N) is 2. The van der Waals surface area contributed by atoms with Crippen LogP contribution in [0.25, 0.3) is 11.3 Å². The third-order valence-corrected chi connectivity index (χ3v) is 4.19. The summed E-state index contributed by atoms with van der Waals surface area (Å²) < 4.78 is 0. The number of aromatic nitrogens is 2. The van der Waals surface area contributed by atoms with Crippen molar-refractivity contribution < 1.29 is 4.79 Å². The lowest BCUT2D eigenvalue weighted by atomic mass is 10.1. The van der Waals surface area contributed by atoms with Crippen LogP contribution < -0.4 is 10.6 Å². The smallest absolute Gasteiger partial charge is 0.221 e. The molecule has 3 aromatic rings. The first-order valence-corrected chi connectivity index (χ1v) is 8.56. The van der Waals surface area contributed by atoms with E-state index in [0.29, 0.717) is 0 Å². The van der Waals surface area contributed by atoms with Crippen LogP contribution in [0.2, 0.25) is 0 Å². The SMILES string of the molecule is CC(=O)Nc1ccc(-c2csc(NCCc3ccccn3)n2)cc1. The Hall–Kier alpha value is -2.73. The van der Waals surface area contributed by atoms with Crippen LogP contribution in [-0.4, -0.2) is 22.4 Å². The summed E-state index contributed by atoms with van der Waals surface area (Å²) in [6.45, 7) is 2.29. The molecule has 1 aromatic carbocycles. The summed E-state index contributed by atoms with van der Waals surface area (Å²) in [5, 5.41) is 9.01. The van der Waals surface area contributed by atoms with Crippen LogP contribution in [0.3, 0.4) is 0 Å². The van der Waals surface area contributed by atoms with Gasteiger partial charge in [-0.1, -0.05) is 18.2 Å². The van der Waals surface area contributed by atoms with E-state index in [1.807, 2.05) is 54.0 Å². The highest BCUT2D eigenvalue weighted by Gasteiger charge is 2.05. The van der Waals surface area contributed by atoms with E-state index in [-0.39, 0.29) is 5.91 Å². The molecule has 0 bridgehead atoms. The Morgan fingerprint density at radius 2 is 2.00 bits per heavy atom. The molecule has 2 N–H and O–H groups in total. The van der Waals surface area contributed by atoms with Crippen molar-refractivity contribution in [1.29, 1.82) is 0 Å². The average molecular weight is 338 g/mol. The van der Waals surface area contributed by atoms with Crippen LogP contribution in [0, 0.1) is 0 Å². The second-order valence-corrected chi connectivity index (χ2v) is 6.15. The van der Waals surface area contributed by atoms with Crippen molar-refractivity contribution in [2.45, 2.75) is 13.3 Å². The number of thiazole rings is 1. The number of benzene rings is 1. The predicted molar refractivity (Wildman–Crippen MR) is 98.3 cm³/mol. The second-order valence-electron chi connectivity index (χ2n) is 5.29. The number of nitrogens with zero attached hydrogens (tertiary/aromatic N) is 2. The summed E-state index contributed by atoms with van der Waals surface area (Å²) in [4.78, 5) is 19.9. The van der Waals surface area contributed by atoms with Crippen molar-refractivity contribution in [3.63, 3.8) is 0 Å². The van der Waals surface area contributed by atoms with Crippen LogP contribution in [0.4, 0.5) is 10.8 Å². The fourth-order valence-electron chi connectivity index (χ4n) is 2.26. The molecule has 1 amide bonds. The molecule has 0 spiro atoms. The molecule has 5 nitrogen and oxygen atoms in total. The molecule has 3 rings (SSSR count). The van der Waals surface area contributed by atoms with Gasteiger partial charge in [-0.25, -0.2) is 4.98 Å². The molecule has 0 atom stereocenters. The molecule has 2 aromatic heterocycles. The molecule has 0 aliphatic rings. The summed E-state index contributed by atoms with van der Waals surface area (Å²) in [7, 11) is 0. The molecule has 24 heavy (non-hydrogen) atoms. The topological polar surface area (TPSA) is 66.9 Å². The molecule has 0 saturated carbocycles. The van der Waals surface area contributed by atoms with Gasteiger partial charge in [0.05, 0.1) is 5.69 Å². The Kier molecular flexibility index (Phi) is 5.18. The summed E-state index contributed by atoms with van der Waals surface area (Å²) in [5.41, 5.74) is 3.80. The molecular weight excluding hydrogens is 320 g/mol. The van der Waals surface area contributed by atoms with Crippen LogP contribution in [-0.2, 0) is 11.2 Å². The van der Waals surface area contributed by atoms with Gasteiger partial charge in [0.2, 0.25) is 5.91 Å². The first-order chi connectivity index (χ1) is 11.7. The average Bonchev–Trinajstić information content (AvgIpc) is 3.05. The third kappa shape index (κ3) is 4.39. The monoisotopic (exact) mass is 338 g/mol. The van der Waals surface area contributed by atoms with E-state index in [0.717, 1.165) is 40.7 Å². The van der Waals surface area contributed by atoms with E-state index in [9.17, 15) is 4.79 Å². The van der Waals surface area contributed by atoms with Crippen LogP contribution in [0.1, 0.15) is 12.6 Å². The number of amides is 1. The molecular formula is C18H18N4OS. The Morgan fingerprint density at radius 1 is 1.17 bits per heavy atom. The number of hydrogen-bond acceptors (Lipinski definition) is 5. The maximum Gasteiger partial charge on any atom is 0.221 e. The summed E-state index contributed by atoms with van der Waals surface area (Å²) in [6.07, 6.45) is 2.67. The molecule has 122 valence electrons. The molecule has 0 radical (unpaired) electrons. The molecule has 0 saturated heterocycles. The quantitative estimate of drug-likeness (QED) is 0.717. The number of pyridine rings is 1. The Bertz CT molecular complexity index is 799. The number of carbonyl (C=O) groups is 1. The second kappa shape index (κ2) is 7.70. The van der Waals surface area contributed by atoms with Crippen molar-refractivity contribution in [3.8, 4) is 11.3 Å². The van der Waals surface area contributed by atoms with Gasteiger partial charge in [-0.15, -0.1) is 11.3 Å². The third-order valence-electron chi connectivity index (χ3n) is 3.39. The van der Waals surface area contributed by atoms with Gasteiger partial charge in [-0.05, 0) is 24.3 Å². The molecule has 2 heterocycles. The van der Waals surface area contributed by atoms with Gasteiger partial charge in [-0.3, -0.25) is 9.78 Å². The van der Waals surface area contributed by atoms with Crippen molar-refractivity contribution in [2.75, 3.05) is 17.2 Å². The molecule has 0 unspecified atom stereocenters. The summed E-state index contributed by atoms with van der Waals surface area (Å²) >= 11 is 1.58. The largest absolute Gasteiger partial charge is 0.361 e. The highest BCUT2D eigenvalue weighted by molar-refractivity contribution is 7.14. The highest BCUT2D eigenvalue weighted by atomic mass is 32.1. The number of rotatable bonds is 6. The van der Waals surface area contributed by atoms with E-state index in [2.05, 4.69) is 20.6 Å². The van der Waals surface area contributed by atoms with Gasteiger partial charge in [0, 0.05) is 48.4 Å². The number of anilines is 2. The first kappa shape index (κ1) is 16.1. The lowest BCUT2D eigenvalue weighted by Crippen LogP contribution is -2.05. The number of carbonyl (C=O) groups excluding carboxylic acids is 1. The van der Waals surface area contributed by atoms with Gasteiger partial charge in [0.15, 0.2) is 5.13 Å². The predicted octanol–water partition coefficient (Wildman–Crippen LogP) is 3.82. The maximum atomic E-state index is 11.0. The Balaban J connectivity index is 1.57. The zero-order valence-electron chi connectivity index (χ0n) is 13.3. The minimum Gasteiger partial charge on any atom is -0.361 e. The van der Waals surface area contributed by atoms with Crippen molar-refractivity contribution in [3.05, 3.63) is 59.7 Å². The van der Waals surface area contributed by atoms with E-state index >= 15 is 0 Å². The lowest BCUT2D eigenvalue weighted by molar-refractivity contribution is -0.114. The van der Waals surface area contributed by atoms with Crippen LogP contribution >= 0.6 is 11.3 Å². The highest BCUT2D eigenvalue weighted by Crippen LogP contribution is 2.26.